The lowest BCUT2D eigenvalue weighted by atomic mass is 10.1. The molecule has 2 rings (SSSR count). The minimum Gasteiger partial charge on any atom is -0.146 e. The highest BCUT2D eigenvalue weighted by atomic mass is 127. The van der Waals surface area contributed by atoms with Crippen LogP contribution in [0.2, 0.25) is 0 Å². The molecule has 0 amide bonds. The van der Waals surface area contributed by atoms with E-state index >= 15 is 0 Å². The summed E-state index contributed by atoms with van der Waals surface area (Å²) in [4.78, 5) is 3.09. The molecule has 0 nitrogen and oxygen atoms in total. The van der Waals surface area contributed by atoms with Crippen molar-refractivity contribution in [1.82, 2.24) is 0 Å². The van der Waals surface area contributed by atoms with Crippen LogP contribution < -0.4 is 0 Å². The molecule has 1 heterocycles. The molecule has 0 aliphatic carbocycles. The highest BCUT2D eigenvalue weighted by Crippen LogP contribution is 2.38. The van der Waals surface area contributed by atoms with Crippen LogP contribution in [0.15, 0.2) is 30.3 Å². The molecule has 2 aromatic rings. The van der Waals surface area contributed by atoms with Gasteiger partial charge in [-0.2, -0.15) is 0 Å². The molecule has 3 heteroatoms. The highest BCUT2D eigenvalue weighted by molar-refractivity contribution is 14.1. The van der Waals surface area contributed by atoms with Gasteiger partial charge in [0.05, 0.1) is 4.83 Å². The first-order valence-electron chi connectivity index (χ1n) is 5.05. The minimum absolute atomic E-state index is 0.311. The lowest BCUT2D eigenvalue weighted by Crippen LogP contribution is -1.95. The number of hydrogen-bond donors (Lipinski definition) is 0. The molecular weight excluding hydrogens is 395 g/mol. The zero-order valence-corrected chi connectivity index (χ0v) is 13.7. The van der Waals surface area contributed by atoms with Gasteiger partial charge in [0, 0.05) is 13.3 Å². The molecule has 1 aromatic carbocycles. The third kappa shape index (κ3) is 2.51. The number of halogens is 2. The lowest BCUT2D eigenvalue weighted by Gasteiger charge is -2.12. The Balaban J connectivity index is 2.43. The molecule has 0 aliphatic rings. The van der Waals surface area contributed by atoms with E-state index in [-0.39, 0.29) is 0 Å². The van der Waals surface area contributed by atoms with Crippen molar-refractivity contribution in [2.45, 2.75) is 18.7 Å². The topological polar surface area (TPSA) is 0 Å². The third-order valence-electron chi connectivity index (χ3n) is 2.53. The summed E-state index contributed by atoms with van der Waals surface area (Å²) in [6, 6.07) is 10.8. The van der Waals surface area contributed by atoms with Crippen molar-refractivity contribution in [3.05, 3.63) is 54.8 Å². The summed E-state index contributed by atoms with van der Waals surface area (Å²) in [5.74, 6) is 0. The first-order chi connectivity index (χ1) is 7.59. The standard InChI is InChI=1S/C13H12BrIS/c1-8-7-11(9(2)16-8)13(14)10-5-3-4-6-12(10)15/h3-7,13H,1-2H3. The van der Waals surface area contributed by atoms with E-state index in [9.17, 15) is 0 Å². The molecule has 0 fully saturated rings. The summed E-state index contributed by atoms with van der Waals surface area (Å²) in [5, 5.41) is 0. The van der Waals surface area contributed by atoms with Gasteiger partial charge in [0.2, 0.25) is 0 Å². The van der Waals surface area contributed by atoms with Gasteiger partial charge < -0.3 is 0 Å². The maximum absolute atomic E-state index is 3.81. The summed E-state index contributed by atoms with van der Waals surface area (Å²) in [7, 11) is 0. The van der Waals surface area contributed by atoms with Crippen molar-refractivity contribution in [2.75, 3.05) is 0 Å². The Hall–Kier alpha value is 0.130. The molecule has 0 radical (unpaired) electrons. The Kier molecular flexibility index (Phi) is 4.08. The number of thiophene rings is 1. The normalized spacial score (nSPS) is 12.8. The van der Waals surface area contributed by atoms with Crippen LogP contribution in [0.25, 0.3) is 0 Å². The van der Waals surface area contributed by atoms with Crippen LogP contribution in [-0.4, -0.2) is 0 Å². The fraction of sp³-hybridized carbons (Fsp3) is 0.231. The summed E-state index contributed by atoms with van der Waals surface area (Å²) >= 11 is 8.07. The van der Waals surface area contributed by atoms with Gasteiger partial charge in [0.1, 0.15) is 0 Å². The van der Waals surface area contributed by atoms with Crippen LogP contribution >= 0.6 is 49.9 Å². The summed E-state index contributed by atoms with van der Waals surface area (Å²) in [6.45, 7) is 4.36. The van der Waals surface area contributed by atoms with E-state index in [2.05, 4.69) is 82.7 Å². The first kappa shape index (κ1) is 12.6. The van der Waals surface area contributed by atoms with Gasteiger partial charge >= 0.3 is 0 Å². The summed E-state index contributed by atoms with van der Waals surface area (Å²) in [6.07, 6.45) is 0. The Morgan fingerprint density at radius 1 is 1.19 bits per heavy atom. The smallest absolute Gasteiger partial charge is 0.0665 e. The van der Waals surface area contributed by atoms with E-state index in [1.165, 1.54) is 24.5 Å². The maximum Gasteiger partial charge on any atom is 0.0665 e. The molecular formula is C13H12BrIS. The first-order valence-corrected chi connectivity index (χ1v) is 7.86. The lowest BCUT2D eigenvalue weighted by molar-refractivity contribution is 1.15. The van der Waals surface area contributed by atoms with Gasteiger partial charge in [-0.3, -0.25) is 0 Å². The molecule has 0 aliphatic heterocycles. The SMILES string of the molecule is Cc1cc(C(Br)c2ccccc2I)c(C)s1. The van der Waals surface area contributed by atoms with E-state index in [1.807, 2.05) is 11.3 Å². The van der Waals surface area contributed by atoms with Gasteiger partial charge in [0.25, 0.3) is 0 Å². The van der Waals surface area contributed by atoms with Crippen LogP contribution in [-0.2, 0) is 0 Å². The second-order valence-electron chi connectivity index (χ2n) is 3.75. The van der Waals surface area contributed by atoms with Gasteiger partial charge in [-0.25, -0.2) is 0 Å². The average molecular weight is 407 g/mol. The molecule has 0 N–H and O–H groups in total. The minimum atomic E-state index is 0.311. The van der Waals surface area contributed by atoms with Gasteiger partial charge in [-0.1, -0.05) is 34.1 Å². The van der Waals surface area contributed by atoms with Crippen LogP contribution in [0.4, 0.5) is 0 Å². The summed E-state index contributed by atoms with van der Waals surface area (Å²) in [5.41, 5.74) is 2.75. The average Bonchev–Trinajstić information content (AvgIpc) is 2.58. The second kappa shape index (κ2) is 5.19. The molecule has 0 saturated heterocycles. The van der Waals surface area contributed by atoms with Crippen LogP contribution in [0.5, 0.6) is 0 Å². The largest absolute Gasteiger partial charge is 0.146 e. The van der Waals surface area contributed by atoms with Gasteiger partial charge in [-0.15, -0.1) is 11.3 Å². The Labute approximate surface area is 122 Å². The van der Waals surface area contributed by atoms with Crippen LogP contribution in [0.1, 0.15) is 25.7 Å². The Morgan fingerprint density at radius 3 is 2.44 bits per heavy atom. The Morgan fingerprint density at radius 2 is 1.88 bits per heavy atom. The second-order valence-corrected chi connectivity index (χ2v) is 7.29. The molecule has 1 unspecified atom stereocenters. The molecule has 16 heavy (non-hydrogen) atoms. The fourth-order valence-corrected chi connectivity index (χ4v) is 4.87. The van der Waals surface area contributed by atoms with E-state index in [4.69, 9.17) is 0 Å². The van der Waals surface area contributed by atoms with Crippen LogP contribution in [0.3, 0.4) is 0 Å². The molecule has 0 bridgehead atoms. The predicted molar refractivity (Wildman–Crippen MR) is 83.7 cm³/mol. The van der Waals surface area contributed by atoms with Crippen molar-refractivity contribution in [2.24, 2.45) is 0 Å². The van der Waals surface area contributed by atoms with Crippen molar-refractivity contribution in [3.8, 4) is 0 Å². The maximum atomic E-state index is 3.81. The molecule has 1 atom stereocenters. The molecule has 1 aromatic heterocycles. The Bertz CT molecular complexity index is 504. The molecule has 84 valence electrons. The monoisotopic (exact) mass is 406 g/mol. The predicted octanol–water partition coefficient (Wildman–Crippen LogP) is 5.45. The van der Waals surface area contributed by atoms with Crippen molar-refractivity contribution < 1.29 is 0 Å². The number of hydrogen-bond acceptors (Lipinski definition) is 1. The fourth-order valence-electron chi connectivity index (χ4n) is 1.75. The molecule has 0 spiro atoms. The third-order valence-corrected chi connectivity index (χ3v) is 5.48. The van der Waals surface area contributed by atoms with E-state index < -0.39 is 0 Å². The van der Waals surface area contributed by atoms with E-state index in [0.29, 0.717) is 4.83 Å². The number of benzene rings is 1. The zero-order chi connectivity index (χ0) is 11.7. The highest BCUT2D eigenvalue weighted by Gasteiger charge is 2.16. The van der Waals surface area contributed by atoms with Crippen molar-refractivity contribution >= 4 is 49.9 Å². The van der Waals surface area contributed by atoms with Crippen LogP contribution in [0, 0.1) is 17.4 Å². The number of rotatable bonds is 2. The van der Waals surface area contributed by atoms with Crippen molar-refractivity contribution in [1.29, 1.82) is 0 Å². The van der Waals surface area contributed by atoms with Gasteiger partial charge in [0.15, 0.2) is 0 Å². The number of aryl methyl sites for hydroxylation is 2. The summed E-state index contributed by atoms with van der Waals surface area (Å²) < 4.78 is 1.31. The quantitative estimate of drug-likeness (QED) is 0.459. The van der Waals surface area contributed by atoms with Gasteiger partial charge in [-0.05, 0) is 59.7 Å². The number of alkyl halides is 1. The zero-order valence-electron chi connectivity index (χ0n) is 9.13. The van der Waals surface area contributed by atoms with E-state index in [0.717, 1.165) is 0 Å². The van der Waals surface area contributed by atoms with Crippen molar-refractivity contribution in [3.63, 3.8) is 0 Å². The van der Waals surface area contributed by atoms with E-state index in [1.54, 1.807) is 0 Å². The molecule has 0 saturated carbocycles.